The number of nitrogens with one attached hydrogen (secondary N) is 4. The molecular weight excluding hydrogens is 1080 g/mol. The smallest absolute Gasteiger partial charge is 0.269 e. The van der Waals surface area contributed by atoms with E-state index in [1.807, 2.05) is 51.1 Å². The van der Waals surface area contributed by atoms with Gasteiger partial charge in [0.15, 0.2) is 16.6 Å². The molecule has 1 heterocycles. The lowest BCUT2D eigenvalue weighted by molar-refractivity contribution is -0.124. The van der Waals surface area contributed by atoms with Crippen LogP contribution in [-0.4, -0.2) is 56.9 Å². The standard InChI is InChI=1S/C25H32BrClN4O3Si.C25H30BrClN4O2Si/c1-15-19(13-14-20(28-6)21(15)27)29-22(16(2)34-35(7,8)25(3,4)5)24(33)31-30-23(32)17-9-11-18(26)12-10-17;1-15-19(13-14-20(28-6)21(15)27)29-22(16(2)33-34(7,8)25(3,4)5)24-31-30-23(32-24)17-9-11-18(26)12-10-17/h9-14,16,22,29H,1-5,7-8H3,(H,30,32)(H,31,33);9-14,16,22,29H,1-5,7-8H3/t2*16-,22+/m00/s1. The van der Waals surface area contributed by atoms with Crippen LogP contribution in [0.5, 0.6) is 0 Å². The lowest BCUT2D eigenvalue weighted by Gasteiger charge is -2.40. The number of hydrogen-bond acceptors (Lipinski definition) is 9. The Morgan fingerprint density at radius 1 is 0.681 bits per heavy atom. The SMILES string of the molecule is [C-]#[N+]c1ccc(N[C@@H](C(=O)NNC(=O)c2ccc(Br)cc2)[C@H](C)O[Si](C)(C)C(C)(C)C)c(C)c1Cl.[C-]#[N+]c1ccc(N[C@@H](c2nnc(-c3ccc(Br)cc3)o2)[C@H](C)O[Si](C)(C)C(C)(C)C)c(C)c1Cl. The quantitative estimate of drug-likeness (QED) is 0.0484. The minimum absolute atomic E-state index is 0.0414. The van der Waals surface area contributed by atoms with Crippen molar-refractivity contribution in [3.8, 4) is 11.5 Å². The Bertz CT molecular complexity index is 2690. The largest absolute Gasteiger partial charge is 0.418 e. The highest BCUT2D eigenvalue weighted by Crippen LogP contribution is 2.42. The predicted molar refractivity (Wildman–Crippen MR) is 291 cm³/mol. The first-order valence-electron chi connectivity index (χ1n) is 22.2. The van der Waals surface area contributed by atoms with Gasteiger partial charge in [-0.05, 0) is 136 Å². The van der Waals surface area contributed by atoms with Gasteiger partial charge in [0, 0.05) is 31.4 Å². The van der Waals surface area contributed by atoms with Crippen molar-refractivity contribution in [1.82, 2.24) is 21.0 Å². The van der Waals surface area contributed by atoms with Crippen LogP contribution in [0.3, 0.4) is 0 Å². The number of anilines is 2. The fraction of sp³-hybridized carbons (Fsp3) is 0.400. The highest BCUT2D eigenvalue weighted by atomic mass is 79.9. The predicted octanol–water partition coefficient (Wildman–Crippen LogP) is 15.2. The van der Waals surface area contributed by atoms with Gasteiger partial charge >= 0.3 is 0 Å². The molecule has 0 aliphatic heterocycles. The second-order valence-corrected chi connectivity index (χ2v) is 31.8. The van der Waals surface area contributed by atoms with Crippen molar-refractivity contribution in [2.24, 2.45) is 0 Å². The lowest BCUT2D eigenvalue weighted by atomic mass is 10.1. The topological polar surface area (TPSA) is 148 Å². The van der Waals surface area contributed by atoms with E-state index in [2.05, 4.69) is 141 Å². The third-order valence-corrected chi connectivity index (χ3v) is 23.8. The van der Waals surface area contributed by atoms with E-state index < -0.39 is 46.6 Å². The molecule has 0 radical (unpaired) electrons. The molecule has 0 fully saturated rings. The van der Waals surface area contributed by atoms with Crippen molar-refractivity contribution < 1.29 is 22.9 Å². The maximum absolute atomic E-state index is 13.3. The van der Waals surface area contributed by atoms with Gasteiger partial charge < -0.3 is 23.9 Å². The van der Waals surface area contributed by atoms with Gasteiger partial charge in [-0.3, -0.25) is 20.4 Å². The van der Waals surface area contributed by atoms with Crippen molar-refractivity contribution >= 4 is 106 Å². The summed E-state index contributed by atoms with van der Waals surface area (Å²) in [7, 11) is -4.30. The number of amides is 2. The summed E-state index contributed by atoms with van der Waals surface area (Å²) >= 11 is 19.6. The van der Waals surface area contributed by atoms with Crippen molar-refractivity contribution in [3.63, 3.8) is 0 Å². The van der Waals surface area contributed by atoms with Gasteiger partial charge in [-0.15, -0.1) is 10.2 Å². The maximum Gasteiger partial charge on any atom is 0.269 e. The Morgan fingerprint density at radius 3 is 1.59 bits per heavy atom. The zero-order valence-corrected chi connectivity index (χ0v) is 48.3. The summed E-state index contributed by atoms with van der Waals surface area (Å²) in [5, 5.41) is 16.1. The van der Waals surface area contributed by atoms with Crippen molar-refractivity contribution in [2.75, 3.05) is 10.6 Å². The molecule has 19 heteroatoms. The summed E-state index contributed by atoms with van der Waals surface area (Å²) in [5.74, 6) is -0.0458. The van der Waals surface area contributed by atoms with Gasteiger partial charge in [0.25, 0.3) is 11.8 Å². The van der Waals surface area contributed by atoms with Crippen LogP contribution in [0.15, 0.2) is 86.2 Å². The molecule has 0 bridgehead atoms. The van der Waals surface area contributed by atoms with Gasteiger partial charge in [0.05, 0.1) is 35.4 Å². The highest BCUT2D eigenvalue weighted by Gasteiger charge is 2.42. The lowest BCUT2D eigenvalue weighted by Crippen LogP contribution is -2.55. The molecule has 2 amide bonds. The van der Waals surface area contributed by atoms with Gasteiger partial charge in [0.2, 0.25) is 23.2 Å². The Kier molecular flexibility index (Phi) is 19.5. The minimum Gasteiger partial charge on any atom is -0.418 e. The molecule has 0 saturated heterocycles. The first-order chi connectivity index (χ1) is 32.0. The summed E-state index contributed by atoms with van der Waals surface area (Å²) in [6, 6.07) is 20.1. The highest BCUT2D eigenvalue weighted by molar-refractivity contribution is 9.10. The zero-order valence-electron chi connectivity index (χ0n) is 41.6. The summed E-state index contributed by atoms with van der Waals surface area (Å²) in [6.07, 6.45) is -0.794. The Hall–Kier alpha value is -4.57. The molecule has 4 atom stereocenters. The number of carbonyl (C=O) groups is 2. The molecule has 0 spiro atoms. The minimum atomic E-state index is -2.21. The summed E-state index contributed by atoms with van der Waals surface area (Å²) in [4.78, 5) is 32.7. The normalized spacial score (nSPS) is 13.6. The molecule has 0 aliphatic carbocycles. The van der Waals surface area contributed by atoms with Crippen LogP contribution in [0.2, 0.25) is 46.3 Å². The van der Waals surface area contributed by atoms with E-state index in [0.29, 0.717) is 50.0 Å². The fourth-order valence-corrected chi connectivity index (χ4v) is 10.1. The molecule has 4 N–H and O–H groups in total. The molecule has 368 valence electrons. The number of benzene rings is 4. The molecule has 0 unspecified atom stereocenters. The van der Waals surface area contributed by atoms with Crippen molar-refractivity contribution in [2.45, 2.75) is 130 Å². The number of halogens is 4. The van der Waals surface area contributed by atoms with Crippen molar-refractivity contribution in [1.29, 1.82) is 0 Å². The first kappa shape index (κ1) is 57.0. The molecule has 5 rings (SSSR count). The zero-order chi connectivity index (χ0) is 51.8. The Labute approximate surface area is 436 Å². The monoisotopic (exact) mass is 1140 g/mol. The van der Waals surface area contributed by atoms with Gasteiger partial charge in [-0.2, -0.15) is 0 Å². The van der Waals surface area contributed by atoms with Gasteiger partial charge in [-0.25, -0.2) is 9.69 Å². The van der Waals surface area contributed by atoms with Crippen LogP contribution < -0.4 is 21.5 Å². The van der Waals surface area contributed by atoms with Crippen LogP contribution in [-0.2, 0) is 13.6 Å². The number of aromatic nitrogens is 2. The molecule has 13 nitrogen and oxygen atoms in total. The average molecular weight is 1140 g/mol. The molecule has 5 aromatic rings. The molecule has 0 aliphatic rings. The van der Waals surface area contributed by atoms with Crippen LogP contribution in [0.25, 0.3) is 21.1 Å². The number of hydrogen-bond donors (Lipinski definition) is 4. The fourth-order valence-electron chi connectivity index (χ4n) is 6.30. The maximum atomic E-state index is 13.3. The number of rotatable bonds is 14. The first-order valence-corrected chi connectivity index (χ1v) is 30.3. The van der Waals surface area contributed by atoms with Crippen LogP contribution >= 0.6 is 55.1 Å². The summed E-state index contributed by atoms with van der Waals surface area (Å²) < 4.78 is 21.1. The Morgan fingerprint density at radius 2 is 1.13 bits per heavy atom. The summed E-state index contributed by atoms with van der Waals surface area (Å²) in [6.45, 7) is 43.8. The molecule has 0 saturated carbocycles. The van der Waals surface area contributed by atoms with E-state index in [9.17, 15) is 9.59 Å². The summed E-state index contributed by atoms with van der Waals surface area (Å²) in [5.41, 5.74) is 9.81. The van der Waals surface area contributed by atoms with Crippen LogP contribution in [0.1, 0.15) is 88.8 Å². The van der Waals surface area contributed by atoms with Crippen LogP contribution in [0, 0.1) is 27.0 Å². The third kappa shape index (κ3) is 14.7. The number of hydrazine groups is 1. The second kappa shape index (κ2) is 23.6. The molecular formula is C50H62Br2Cl2N8O5Si2. The average Bonchev–Trinajstić information content (AvgIpc) is 3.76. The molecule has 1 aromatic heterocycles. The van der Waals surface area contributed by atoms with Crippen molar-refractivity contribution in [3.05, 3.63) is 137 Å². The van der Waals surface area contributed by atoms with E-state index in [4.69, 9.17) is 49.6 Å². The van der Waals surface area contributed by atoms with E-state index in [1.165, 1.54) is 0 Å². The number of carbonyl (C=O) groups excluding carboxylic acids is 2. The number of nitrogens with zero attached hydrogens (tertiary/aromatic N) is 4. The van der Waals surface area contributed by atoms with E-state index in [0.717, 1.165) is 25.8 Å². The molecule has 4 aromatic carbocycles. The van der Waals surface area contributed by atoms with Gasteiger partial charge in [0.1, 0.15) is 12.1 Å². The third-order valence-electron chi connectivity index (χ3n) is 12.6. The Balaban J connectivity index is 0.000000301. The van der Waals surface area contributed by atoms with E-state index >= 15 is 0 Å². The van der Waals surface area contributed by atoms with Gasteiger partial charge in [-0.1, -0.05) is 109 Å². The van der Waals surface area contributed by atoms with E-state index in [-0.39, 0.29) is 16.2 Å². The molecule has 69 heavy (non-hydrogen) atoms. The van der Waals surface area contributed by atoms with Crippen LogP contribution in [0.4, 0.5) is 22.7 Å². The second-order valence-electron chi connectivity index (χ2n) is 19.7. The van der Waals surface area contributed by atoms with E-state index in [1.54, 1.807) is 49.4 Å².